The van der Waals surface area contributed by atoms with E-state index in [-0.39, 0.29) is 43.7 Å². The van der Waals surface area contributed by atoms with Crippen LogP contribution in [0.2, 0.25) is 0 Å². The minimum Gasteiger partial charge on any atom is -0.444 e. The summed E-state index contributed by atoms with van der Waals surface area (Å²) in [5, 5.41) is 7.73. The lowest BCUT2D eigenvalue weighted by Gasteiger charge is -2.19. The number of nitrogens with one attached hydrogen (secondary N) is 3. The van der Waals surface area contributed by atoms with Crippen molar-refractivity contribution in [2.24, 2.45) is 0 Å². The van der Waals surface area contributed by atoms with Crippen LogP contribution in [0.3, 0.4) is 0 Å². The number of benzene rings is 1. The van der Waals surface area contributed by atoms with E-state index in [1.165, 1.54) is 18.2 Å². The Hall–Kier alpha value is -2.90. The van der Waals surface area contributed by atoms with Crippen LogP contribution in [0.15, 0.2) is 30.3 Å². The van der Waals surface area contributed by atoms with Gasteiger partial charge in [0.05, 0.1) is 0 Å². The standard InChI is InChI=1S/C19H26FN3O4/c1-19(2,3)27-18(26)23-11-10-17(25)22-13-12-21-16(24)9-6-14-4-7-15(20)8-5-14/h4-9H,10-13H2,1-3H3,(H,21,24)(H,22,25)(H,23,26)/b9-6+. The molecular weight excluding hydrogens is 353 g/mol. The van der Waals surface area contributed by atoms with E-state index in [1.807, 2.05) is 0 Å². The van der Waals surface area contributed by atoms with Crippen molar-refractivity contribution >= 4 is 24.0 Å². The van der Waals surface area contributed by atoms with Crippen molar-refractivity contribution < 1.29 is 23.5 Å². The Morgan fingerprint density at radius 3 is 2.26 bits per heavy atom. The highest BCUT2D eigenvalue weighted by Gasteiger charge is 2.15. The van der Waals surface area contributed by atoms with Crippen molar-refractivity contribution in [2.45, 2.75) is 32.8 Å². The number of amides is 3. The molecule has 0 heterocycles. The third-order valence-corrected chi connectivity index (χ3v) is 3.06. The fourth-order valence-corrected chi connectivity index (χ4v) is 1.87. The maximum atomic E-state index is 12.8. The van der Waals surface area contributed by atoms with Gasteiger partial charge in [-0.2, -0.15) is 0 Å². The van der Waals surface area contributed by atoms with Gasteiger partial charge in [-0.25, -0.2) is 9.18 Å². The van der Waals surface area contributed by atoms with E-state index in [4.69, 9.17) is 4.74 Å². The van der Waals surface area contributed by atoms with Gasteiger partial charge in [0.1, 0.15) is 11.4 Å². The average molecular weight is 379 g/mol. The van der Waals surface area contributed by atoms with E-state index in [0.717, 1.165) is 0 Å². The summed E-state index contributed by atoms with van der Waals surface area (Å²) in [5.74, 6) is -0.907. The minimum absolute atomic E-state index is 0.109. The summed E-state index contributed by atoms with van der Waals surface area (Å²) in [4.78, 5) is 34.7. The molecular formula is C19H26FN3O4. The molecule has 8 heteroatoms. The third-order valence-electron chi connectivity index (χ3n) is 3.06. The molecule has 0 unspecified atom stereocenters. The van der Waals surface area contributed by atoms with Crippen molar-refractivity contribution in [3.8, 4) is 0 Å². The van der Waals surface area contributed by atoms with Crippen LogP contribution in [0.4, 0.5) is 9.18 Å². The molecule has 148 valence electrons. The zero-order valence-corrected chi connectivity index (χ0v) is 15.8. The first-order chi connectivity index (χ1) is 12.7. The smallest absolute Gasteiger partial charge is 0.407 e. The average Bonchev–Trinajstić information content (AvgIpc) is 2.56. The van der Waals surface area contributed by atoms with Crippen molar-refractivity contribution in [1.82, 2.24) is 16.0 Å². The van der Waals surface area contributed by atoms with Gasteiger partial charge in [-0.15, -0.1) is 0 Å². The molecule has 0 radical (unpaired) electrons. The van der Waals surface area contributed by atoms with Crippen LogP contribution in [0, 0.1) is 5.82 Å². The molecule has 3 N–H and O–H groups in total. The molecule has 1 aromatic carbocycles. The second-order valence-corrected chi connectivity index (χ2v) is 6.70. The summed E-state index contributed by atoms with van der Waals surface area (Å²) in [7, 11) is 0. The lowest BCUT2D eigenvalue weighted by atomic mass is 10.2. The highest BCUT2D eigenvalue weighted by molar-refractivity contribution is 5.91. The Kier molecular flexibility index (Phi) is 8.98. The zero-order chi connectivity index (χ0) is 20.3. The summed E-state index contributed by atoms with van der Waals surface area (Å²) in [6, 6.07) is 5.74. The molecule has 0 aliphatic heterocycles. The summed E-state index contributed by atoms with van der Waals surface area (Å²) in [5.41, 5.74) is 0.118. The van der Waals surface area contributed by atoms with Gasteiger partial charge in [0.15, 0.2) is 0 Å². The van der Waals surface area contributed by atoms with Gasteiger partial charge >= 0.3 is 6.09 Å². The number of carbonyl (C=O) groups excluding carboxylic acids is 3. The lowest BCUT2D eigenvalue weighted by molar-refractivity contribution is -0.121. The molecule has 7 nitrogen and oxygen atoms in total. The number of halogens is 1. The molecule has 3 amide bonds. The van der Waals surface area contributed by atoms with Gasteiger partial charge in [-0.05, 0) is 44.5 Å². The summed E-state index contributed by atoms with van der Waals surface area (Å²) in [6.45, 7) is 5.94. The summed E-state index contributed by atoms with van der Waals surface area (Å²) < 4.78 is 17.8. The normalized spacial score (nSPS) is 11.1. The molecule has 0 aliphatic carbocycles. The highest BCUT2D eigenvalue weighted by Crippen LogP contribution is 2.06. The summed E-state index contributed by atoms with van der Waals surface area (Å²) >= 11 is 0. The molecule has 27 heavy (non-hydrogen) atoms. The Balaban J connectivity index is 2.12. The van der Waals surface area contributed by atoms with Crippen LogP contribution >= 0.6 is 0 Å². The van der Waals surface area contributed by atoms with E-state index < -0.39 is 11.7 Å². The Labute approximate surface area is 158 Å². The van der Waals surface area contributed by atoms with Gasteiger partial charge in [-0.3, -0.25) is 9.59 Å². The molecule has 1 rings (SSSR count). The first-order valence-electron chi connectivity index (χ1n) is 8.61. The van der Waals surface area contributed by atoms with Crippen LogP contribution in [0.25, 0.3) is 6.08 Å². The molecule has 0 atom stereocenters. The number of alkyl carbamates (subject to hydrolysis) is 1. The molecule has 0 bridgehead atoms. The number of hydrogen-bond acceptors (Lipinski definition) is 4. The van der Waals surface area contributed by atoms with E-state index in [2.05, 4.69) is 16.0 Å². The van der Waals surface area contributed by atoms with Crippen LogP contribution in [-0.4, -0.2) is 43.1 Å². The van der Waals surface area contributed by atoms with E-state index in [9.17, 15) is 18.8 Å². The molecule has 1 aromatic rings. The topological polar surface area (TPSA) is 96.5 Å². The predicted molar refractivity (Wildman–Crippen MR) is 100 cm³/mol. The van der Waals surface area contributed by atoms with Crippen LogP contribution in [-0.2, 0) is 14.3 Å². The van der Waals surface area contributed by atoms with Gasteiger partial charge in [0.25, 0.3) is 0 Å². The quantitative estimate of drug-likeness (QED) is 0.475. The third kappa shape index (κ3) is 11.4. The fraction of sp³-hybridized carbons (Fsp3) is 0.421. The van der Waals surface area contributed by atoms with Crippen molar-refractivity contribution in [3.05, 3.63) is 41.7 Å². The second-order valence-electron chi connectivity index (χ2n) is 6.70. The van der Waals surface area contributed by atoms with E-state index in [0.29, 0.717) is 5.56 Å². The molecule has 0 spiro atoms. The van der Waals surface area contributed by atoms with Crippen molar-refractivity contribution in [1.29, 1.82) is 0 Å². The van der Waals surface area contributed by atoms with E-state index in [1.54, 1.807) is 39.0 Å². The van der Waals surface area contributed by atoms with Gasteiger partial charge < -0.3 is 20.7 Å². The molecule has 0 saturated carbocycles. The molecule has 0 saturated heterocycles. The van der Waals surface area contributed by atoms with Crippen LogP contribution in [0.5, 0.6) is 0 Å². The maximum absolute atomic E-state index is 12.8. The Morgan fingerprint density at radius 1 is 1.00 bits per heavy atom. The number of rotatable bonds is 8. The van der Waals surface area contributed by atoms with Gasteiger partial charge in [0, 0.05) is 32.1 Å². The predicted octanol–water partition coefficient (Wildman–Crippen LogP) is 1.99. The monoisotopic (exact) mass is 379 g/mol. The van der Waals surface area contributed by atoms with Gasteiger partial charge in [-0.1, -0.05) is 12.1 Å². The highest BCUT2D eigenvalue weighted by atomic mass is 19.1. The fourth-order valence-electron chi connectivity index (χ4n) is 1.87. The number of ether oxygens (including phenoxy) is 1. The molecule has 0 fully saturated rings. The Bertz CT molecular complexity index is 667. The SMILES string of the molecule is CC(C)(C)OC(=O)NCCC(=O)NCCNC(=O)/C=C/c1ccc(F)cc1. The lowest BCUT2D eigenvalue weighted by Crippen LogP contribution is -2.37. The maximum Gasteiger partial charge on any atom is 0.407 e. The zero-order valence-electron chi connectivity index (χ0n) is 15.8. The van der Waals surface area contributed by atoms with Gasteiger partial charge in [0.2, 0.25) is 11.8 Å². The molecule has 0 aliphatic rings. The minimum atomic E-state index is -0.588. The van der Waals surface area contributed by atoms with Crippen molar-refractivity contribution in [3.63, 3.8) is 0 Å². The van der Waals surface area contributed by atoms with E-state index >= 15 is 0 Å². The number of hydrogen-bond donors (Lipinski definition) is 3. The van der Waals surface area contributed by atoms with Crippen molar-refractivity contribution in [2.75, 3.05) is 19.6 Å². The largest absolute Gasteiger partial charge is 0.444 e. The second kappa shape index (κ2) is 10.9. The number of carbonyl (C=O) groups is 3. The first-order valence-corrected chi connectivity index (χ1v) is 8.61. The summed E-state index contributed by atoms with van der Waals surface area (Å²) in [6.07, 6.45) is 2.43. The van der Waals surface area contributed by atoms with Crippen LogP contribution in [0.1, 0.15) is 32.8 Å². The first kappa shape index (κ1) is 22.1. The van der Waals surface area contributed by atoms with Crippen LogP contribution < -0.4 is 16.0 Å². The Morgan fingerprint density at radius 2 is 1.63 bits per heavy atom. The molecule has 0 aromatic heterocycles.